The highest BCUT2D eigenvalue weighted by atomic mass is 16.6. The Morgan fingerprint density at radius 2 is 0.494 bits per heavy atom. The molecule has 79 heavy (non-hydrogen) atoms. The normalized spacial score (nSPS) is 12.4. The van der Waals surface area contributed by atoms with Crippen molar-refractivity contribution in [2.24, 2.45) is 0 Å². The van der Waals surface area contributed by atoms with Gasteiger partial charge < -0.3 is 14.2 Å². The van der Waals surface area contributed by atoms with Crippen LogP contribution in [-0.4, -0.2) is 37.2 Å². The fourth-order valence-electron chi connectivity index (χ4n) is 10.3. The molecule has 1 unspecified atom stereocenters. The van der Waals surface area contributed by atoms with Gasteiger partial charge in [-0.2, -0.15) is 0 Å². The fourth-order valence-corrected chi connectivity index (χ4v) is 10.3. The van der Waals surface area contributed by atoms with Crippen LogP contribution in [0.5, 0.6) is 0 Å². The summed E-state index contributed by atoms with van der Waals surface area (Å²) in [6.45, 7) is 6.59. The van der Waals surface area contributed by atoms with Crippen molar-refractivity contribution in [3.63, 3.8) is 0 Å². The van der Waals surface area contributed by atoms with Gasteiger partial charge in [0.1, 0.15) is 13.2 Å². The number of rotatable bonds is 64. The Bertz CT molecular complexity index is 1410. The van der Waals surface area contributed by atoms with Crippen molar-refractivity contribution < 1.29 is 28.6 Å². The molecular formula is C73H132O6. The third-order valence-corrected chi connectivity index (χ3v) is 15.5. The molecule has 0 N–H and O–H groups in total. The molecule has 0 amide bonds. The summed E-state index contributed by atoms with van der Waals surface area (Å²) in [6.07, 6.45) is 86.6. The first-order chi connectivity index (χ1) is 39.0. The molecule has 0 radical (unpaired) electrons. The SMILES string of the molecule is CC/C=C\C/C=C\C/C=C\C/C=C\CCCCCCCCCCCCC(=O)OCC(COC(=O)CCCCCCCCCCCCCCCCCCC)OC(=O)CCCCCCCCCCC/C=C\CCCCCCCCCC. The first-order valence-corrected chi connectivity index (χ1v) is 34.8. The van der Waals surface area contributed by atoms with Crippen molar-refractivity contribution in [1.82, 2.24) is 0 Å². The molecule has 0 aliphatic rings. The maximum Gasteiger partial charge on any atom is 0.306 e. The number of esters is 3. The van der Waals surface area contributed by atoms with Gasteiger partial charge in [0.2, 0.25) is 0 Å². The Labute approximate surface area is 491 Å². The van der Waals surface area contributed by atoms with E-state index in [1.54, 1.807) is 0 Å². The van der Waals surface area contributed by atoms with Crippen molar-refractivity contribution in [1.29, 1.82) is 0 Å². The zero-order valence-electron chi connectivity index (χ0n) is 52.9. The van der Waals surface area contributed by atoms with Gasteiger partial charge in [-0.25, -0.2) is 0 Å². The topological polar surface area (TPSA) is 78.9 Å². The molecule has 0 rings (SSSR count). The maximum absolute atomic E-state index is 13.0. The molecule has 0 aliphatic heterocycles. The highest BCUT2D eigenvalue weighted by Crippen LogP contribution is 2.18. The van der Waals surface area contributed by atoms with Gasteiger partial charge in [0.25, 0.3) is 0 Å². The lowest BCUT2D eigenvalue weighted by atomic mass is 10.0. The monoisotopic (exact) mass is 1110 g/mol. The molecular weight excluding hydrogens is 973 g/mol. The van der Waals surface area contributed by atoms with E-state index in [4.69, 9.17) is 14.2 Å². The number of allylic oxidation sites excluding steroid dienone is 10. The van der Waals surface area contributed by atoms with Gasteiger partial charge in [-0.1, -0.05) is 326 Å². The minimum Gasteiger partial charge on any atom is -0.462 e. The maximum atomic E-state index is 13.0. The molecule has 0 aromatic carbocycles. The van der Waals surface area contributed by atoms with E-state index in [9.17, 15) is 14.4 Å². The van der Waals surface area contributed by atoms with Crippen LogP contribution in [0.15, 0.2) is 60.8 Å². The largest absolute Gasteiger partial charge is 0.462 e. The Kier molecular flexibility index (Phi) is 65.1. The summed E-state index contributed by atoms with van der Waals surface area (Å²) in [5, 5.41) is 0. The van der Waals surface area contributed by atoms with Gasteiger partial charge in [0.15, 0.2) is 6.10 Å². The zero-order valence-corrected chi connectivity index (χ0v) is 52.9. The first-order valence-electron chi connectivity index (χ1n) is 34.8. The predicted octanol–water partition coefficient (Wildman–Crippen LogP) is 23.9. The van der Waals surface area contributed by atoms with E-state index < -0.39 is 6.10 Å². The molecule has 6 nitrogen and oxygen atoms in total. The third kappa shape index (κ3) is 65.8. The average Bonchev–Trinajstić information content (AvgIpc) is 3.45. The van der Waals surface area contributed by atoms with Gasteiger partial charge in [-0.3, -0.25) is 14.4 Å². The van der Waals surface area contributed by atoms with Crippen LogP contribution in [0.2, 0.25) is 0 Å². The van der Waals surface area contributed by atoms with E-state index in [2.05, 4.69) is 81.5 Å². The summed E-state index contributed by atoms with van der Waals surface area (Å²) in [7, 11) is 0. The van der Waals surface area contributed by atoms with Crippen LogP contribution in [0.3, 0.4) is 0 Å². The number of unbranched alkanes of at least 4 members (excludes halogenated alkanes) is 43. The number of carbonyl (C=O) groups excluding carboxylic acids is 3. The standard InChI is InChI=1S/C73H132O6/c1-4-7-10-13-16-19-22-25-28-31-33-35-36-38-39-42-45-48-51-54-57-60-63-66-72(75)78-69-70(68-77-71(74)65-62-59-56-53-50-47-44-41-30-27-24-21-18-15-12-9-6-3)79-73(76)67-64-61-58-55-52-49-46-43-40-37-34-32-29-26-23-20-17-14-11-8-5-2/h7,10,16,19,25,28,32-35,70H,4-6,8-9,11-15,17-18,20-24,26-27,29-31,36-69H2,1-3H3/b10-7-,19-16-,28-25-,34-32-,35-33-. The van der Waals surface area contributed by atoms with Crippen LogP contribution in [-0.2, 0) is 28.6 Å². The van der Waals surface area contributed by atoms with E-state index in [-0.39, 0.29) is 31.1 Å². The van der Waals surface area contributed by atoms with E-state index in [0.29, 0.717) is 19.3 Å². The molecule has 0 spiro atoms. The molecule has 0 aromatic rings. The summed E-state index contributed by atoms with van der Waals surface area (Å²) in [5.41, 5.74) is 0. The number of carbonyl (C=O) groups is 3. The zero-order chi connectivity index (χ0) is 57.1. The van der Waals surface area contributed by atoms with E-state index in [0.717, 1.165) is 83.5 Å². The quantitative estimate of drug-likeness (QED) is 0.0261. The molecule has 0 saturated heterocycles. The van der Waals surface area contributed by atoms with Crippen LogP contribution < -0.4 is 0 Å². The Morgan fingerprint density at radius 3 is 0.785 bits per heavy atom. The second-order valence-electron chi connectivity index (χ2n) is 23.4. The van der Waals surface area contributed by atoms with Crippen molar-refractivity contribution >= 4 is 17.9 Å². The average molecular weight is 1110 g/mol. The highest BCUT2D eigenvalue weighted by Gasteiger charge is 2.19. The molecule has 0 bridgehead atoms. The lowest BCUT2D eigenvalue weighted by Crippen LogP contribution is -2.30. The van der Waals surface area contributed by atoms with Crippen molar-refractivity contribution in [3.05, 3.63) is 60.8 Å². The number of hydrogen-bond acceptors (Lipinski definition) is 6. The van der Waals surface area contributed by atoms with Gasteiger partial charge in [0, 0.05) is 19.3 Å². The predicted molar refractivity (Wildman–Crippen MR) is 344 cm³/mol. The lowest BCUT2D eigenvalue weighted by Gasteiger charge is -2.18. The summed E-state index contributed by atoms with van der Waals surface area (Å²) >= 11 is 0. The fraction of sp³-hybridized carbons (Fsp3) is 0.822. The Balaban J connectivity index is 4.33. The summed E-state index contributed by atoms with van der Waals surface area (Å²) in [6, 6.07) is 0. The van der Waals surface area contributed by atoms with Crippen LogP contribution in [0, 0.1) is 0 Å². The highest BCUT2D eigenvalue weighted by molar-refractivity contribution is 5.71. The lowest BCUT2D eigenvalue weighted by molar-refractivity contribution is -0.167. The molecule has 0 heterocycles. The summed E-state index contributed by atoms with van der Waals surface area (Å²) in [5.74, 6) is -0.853. The number of hydrogen-bond donors (Lipinski definition) is 0. The van der Waals surface area contributed by atoms with Crippen LogP contribution in [0.25, 0.3) is 0 Å². The van der Waals surface area contributed by atoms with Gasteiger partial charge >= 0.3 is 17.9 Å². The molecule has 460 valence electrons. The van der Waals surface area contributed by atoms with Crippen molar-refractivity contribution in [3.8, 4) is 0 Å². The van der Waals surface area contributed by atoms with Crippen LogP contribution >= 0.6 is 0 Å². The molecule has 0 fully saturated rings. The van der Waals surface area contributed by atoms with E-state index in [1.807, 2.05) is 0 Å². The smallest absolute Gasteiger partial charge is 0.306 e. The number of ether oxygens (including phenoxy) is 3. The molecule has 0 aliphatic carbocycles. The first kappa shape index (κ1) is 76.1. The van der Waals surface area contributed by atoms with Crippen molar-refractivity contribution in [2.75, 3.05) is 13.2 Å². The summed E-state index contributed by atoms with van der Waals surface area (Å²) in [4.78, 5) is 38.5. The van der Waals surface area contributed by atoms with Crippen LogP contribution in [0.1, 0.15) is 367 Å². The van der Waals surface area contributed by atoms with Gasteiger partial charge in [-0.15, -0.1) is 0 Å². The van der Waals surface area contributed by atoms with Gasteiger partial charge in [0.05, 0.1) is 0 Å². The Morgan fingerprint density at radius 1 is 0.266 bits per heavy atom. The minimum absolute atomic E-state index is 0.0717. The van der Waals surface area contributed by atoms with Crippen LogP contribution in [0.4, 0.5) is 0 Å². The molecule has 6 heteroatoms. The van der Waals surface area contributed by atoms with E-state index in [1.165, 1.54) is 244 Å². The molecule has 0 aromatic heterocycles. The molecule has 0 saturated carbocycles. The second-order valence-corrected chi connectivity index (χ2v) is 23.4. The Hall–Kier alpha value is -2.89. The van der Waals surface area contributed by atoms with E-state index >= 15 is 0 Å². The minimum atomic E-state index is -0.777. The second kappa shape index (κ2) is 67.6. The van der Waals surface area contributed by atoms with Crippen molar-refractivity contribution in [2.45, 2.75) is 374 Å². The molecule has 1 atom stereocenters. The summed E-state index contributed by atoms with van der Waals surface area (Å²) < 4.78 is 17.0. The van der Waals surface area contributed by atoms with Gasteiger partial charge in [-0.05, 0) is 83.5 Å². The third-order valence-electron chi connectivity index (χ3n) is 15.5.